The number of nitrogens with one attached hydrogen (secondary N) is 2. The number of ether oxygens (including phenoxy) is 1. The number of hydrogen-bond donors (Lipinski definition) is 2. The van der Waals surface area contributed by atoms with Crippen LogP contribution in [0, 0.1) is 12.8 Å². The molecule has 3 aliphatic heterocycles. The molecule has 5 aromatic rings. The Hall–Kier alpha value is -4.29. The number of aromatic nitrogens is 6. The maximum Gasteiger partial charge on any atom is 0.273 e. The Morgan fingerprint density at radius 1 is 1.09 bits per heavy atom. The molecule has 1 saturated heterocycles. The van der Waals surface area contributed by atoms with E-state index in [1.54, 1.807) is 11.3 Å². The van der Waals surface area contributed by atoms with Crippen LogP contribution in [0.2, 0.25) is 0 Å². The van der Waals surface area contributed by atoms with Crippen molar-refractivity contribution in [3.63, 3.8) is 0 Å². The van der Waals surface area contributed by atoms with Crippen LogP contribution in [0.3, 0.4) is 0 Å². The van der Waals surface area contributed by atoms with Crippen LogP contribution in [-0.4, -0.2) is 42.7 Å². The zero-order valence-corrected chi connectivity index (χ0v) is 26.6. The van der Waals surface area contributed by atoms with Crippen LogP contribution in [0.5, 0.6) is 0 Å². The number of hydrogen-bond acceptors (Lipinski definition) is 10. The van der Waals surface area contributed by atoms with Gasteiger partial charge in [-0.1, -0.05) is 6.07 Å². The lowest BCUT2D eigenvalue weighted by molar-refractivity contribution is 0.0640. The lowest BCUT2D eigenvalue weighted by atomic mass is 9.84. The minimum Gasteiger partial charge on any atom is -0.421 e. The Kier molecular flexibility index (Phi) is 6.81. The van der Waals surface area contributed by atoms with Crippen LogP contribution in [0.4, 0.5) is 11.6 Å². The van der Waals surface area contributed by atoms with Gasteiger partial charge in [0.1, 0.15) is 11.6 Å². The molecule has 8 heterocycles. The zero-order chi connectivity index (χ0) is 30.8. The molecule has 0 amide bonds. The van der Waals surface area contributed by atoms with E-state index >= 15 is 0 Å². The Labute approximate surface area is 269 Å². The van der Waals surface area contributed by atoms with E-state index < -0.39 is 0 Å². The van der Waals surface area contributed by atoms with E-state index in [1.807, 2.05) is 30.1 Å². The number of thiophene rings is 1. The molecule has 2 atom stereocenters. The van der Waals surface area contributed by atoms with Gasteiger partial charge in [0, 0.05) is 67.5 Å². The van der Waals surface area contributed by atoms with Gasteiger partial charge in [0.15, 0.2) is 0 Å². The third kappa shape index (κ3) is 4.60. The lowest BCUT2D eigenvalue weighted by Gasteiger charge is -2.29. The summed E-state index contributed by atoms with van der Waals surface area (Å²) in [5.41, 5.74) is 5.16. The van der Waals surface area contributed by atoms with Crippen LogP contribution >= 0.6 is 11.3 Å². The number of allylic oxidation sites excluding steroid dienone is 2. The Morgan fingerprint density at radius 3 is 2.85 bits per heavy atom. The third-order valence-corrected chi connectivity index (χ3v) is 11.3. The predicted molar refractivity (Wildman–Crippen MR) is 176 cm³/mol. The first kappa shape index (κ1) is 28.0. The Morgan fingerprint density at radius 2 is 1.98 bits per heavy atom. The van der Waals surface area contributed by atoms with E-state index in [9.17, 15) is 4.79 Å². The summed E-state index contributed by atoms with van der Waals surface area (Å²) >= 11 is 1.70. The van der Waals surface area contributed by atoms with Crippen LogP contribution in [0.25, 0.3) is 15.7 Å². The van der Waals surface area contributed by atoms with Gasteiger partial charge in [-0.2, -0.15) is 0 Å². The molecule has 236 valence electrons. The highest BCUT2D eigenvalue weighted by Gasteiger charge is 2.40. The molecular formula is C34H36N8O3S. The molecule has 0 bridgehead atoms. The summed E-state index contributed by atoms with van der Waals surface area (Å²) < 4.78 is 16.9. The molecule has 5 aromatic heterocycles. The number of fused-ring (bicyclic) bond motifs is 5. The Bertz CT molecular complexity index is 2050. The zero-order valence-electron chi connectivity index (χ0n) is 25.8. The largest absolute Gasteiger partial charge is 0.421 e. The third-order valence-electron chi connectivity index (χ3n) is 10.1. The fourth-order valence-corrected chi connectivity index (χ4v) is 9.06. The average Bonchev–Trinajstić information content (AvgIpc) is 3.92. The maximum absolute atomic E-state index is 14.2. The molecule has 0 radical (unpaired) electrons. The summed E-state index contributed by atoms with van der Waals surface area (Å²) in [6, 6.07) is 8.61. The van der Waals surface area contributed by atoms with Gasteiger partial charge in [-0.25, -0.2) is 9.67 Å². The second-order valence-electron chi connectivity index (χ2n) is 12.8. The van der Waals surface area contributed by atoms with Crippen molar-refractivity contribution < 1.29 is 9.15 Å². The molecule has 2 N–H and O–H groups in total. The summed E-state index contributed by atoms with van der Waals surface area (Å²) in [6.07, 6.45) is 10.6. The van der Waals surface area contributed by atoms with Crippen molar-refractivity contribution in [2.45, 2.75) is 76.9 Å². The molecule has 12 heteroatoms. The van der Waals surface area contributed by atoms with Gasteiger partial charge in [0.2, 0.25) is 11.8 Å². The van der Waals surface area contributed by atoms with E-state index in [0.29, 0.717) is 17.7 Å². The number of aryl methyl sites for hydroxylation is 2. The first-order valence-corrected chi connectivity index (χ1v) is 17.2. The van der Waals surface area contributed by atoms with E-state index in [2.05, 4.69) is 48.7 Å². The van der Waals surface area contributed by atoms with Gasteiger partial charge in [-0.05, 0) is 80.0 Å². The number of anilines is 2. The van der Waals surface area contributed by atoms with Crippen molar-refractivity contribution >= 4 is 38.6 Å². The number of nitrogens with zero attached hydrogens (tertiary/aromatic N) is 6. The summed E-state index contributed by atoms with van der Waals surface area (Å²) in [4.78, 5) is 24.7. The highest BCUT2D eigenvalue weighted by Crippen LogP contribution is 2.50. The van der Waals surface area contributed by atoms with Crippen molar-refractivity contribution in [1.82, 2.24) is 29.5 Å². The van der Waals surface area contributed by atoms with Crippen molar-refractivity contribution in [1.29, 1.82) is 0 Å². The molecule has 0 saturated carbocycles. The van der Waals surface area contributed by atoms with E-state index in [-0.39, 0.29) is 17.5 Å². The van der Waals surface area contributed by atoms with E-state index in [4.69, 9.17) is 14.1 Å². The fourth-order valence-electron chi connectivity index (χ4n) is 7.84. The second kappa shape index (κ2) is 11.2. The molecule has 0 aromatic carbocycles. The highest BCUT2D eigenvalue weighted by molar-refractivity contribution is 7.19. The quantitative estimate of drug-likeness (QED) is 0.221. The van der Waals surface area contributed by atoms with Gasteiger partial charge < -0.3 is 19.8 Å². The second-order valence-corrected chi connectivity index (χ2v) is 13.9. The van der Waals surface area contributed by atoms with Gasteiger partial charge in [-0.3, -0.25) is 14.5 Å². The molecule has 9 rings (SSSR count). The molecule has 1 unspecified atom stereocenters. The van der Waals surface area contributed by atoms with Crippen molar-refractivity contribution in [2.24, 2.45) is 5.92 Å². The molecule has 0 spiro atoms. The first-order chi connectivity index (χ1) is 22.6. The topological polar surface area (TPSA) is 125 Å². The maximum atomic E-state index is 14.2. The molecule has 4 aliphatic rings. The van der Waals surface area contributed by atoms with Crippen molar-refractivity contribution in [3.8, 4) is 0 Å². The smallest absolute Gasteiger partial charge is 0.273 e. The fraction of sp³-hybridized carbons (Fsp3) is 0.441. The predicted octanol–water partition coefficient (Wildman–Crippen LogP) is 6.02. The molecule has 1 fully saturated rings. The Balaban J connectivity index is 1.18. The van der Waals surface area contributed by atoms with E-state index in [1.165, 1.54) is 5.56 Å². The van der Waals surface area contributed by atoms with Gasteiger partial charge >= 0.3 is 0 Å². The monoisotopic (exact) mass is 636 g/mol. The summed E-state index contributed by atoms with van der Waals surface area (Å²) in [5, 5.41) is 17.4. The molecule has 46 heavy (non-hydrogen) atoms. The lowest BCUT2D eigenvalue weighted by Crippen LogP contribution is -2.25. The van der Waals surface area contributed by atoms with Crippen molar-refractivity contribution in [2.75, 3.05) is 23.8 Å². The SMILES string of the molecule is Cc1nnc(C2=C(CCC3CCOCC3)Nc3c(c(=O)n4n3CCC4)C2c2cc3ccnc(N[C@@H]4CCc5ncccc54)c3s2)o1. The summed E-state index contributed by atoms with van der Waals surface area (Å²) in [5.74, 6) is 2.99. The molecular weight excluding hydrogens is 600 g/mol. The van der Waals surface area contributed by atoms with E-state index in [0.717, 1.165) is 120 Å². The summed E-state index contributed by atoms with van der Waals surface area (Å²) in [7, 11) is 0. The molecule has 1 aliphatic carbocycles. The van der Waals surface area contributed by atoms with Crippen LogP contribution < -0.4 is 16.2 Å². The van der Waals surface area contributed by atoms with Crippen LogP contribution in [0.1, 0.15) is 84.0 Å². The minimum atomic E-state index is -0.347. The molecule has 11 nitrogen and oxygen atoms in total. The average molecular weight is 637 g/mol. The normalized spacial score (nSPS) is 21.0. The first-order valence-electron chi connectivity index (χ1n) is 16.4. The number of rotatable bonds is 7. The summed E-state index contributed by atoms with van der Waals surface area (Å²) in [6.45, 7) is 4.98. The van der Waals surface area contributed by atoms with Gasteiger partial charge in [0.05, 0.1) is 22.2 Å². The van der Waals surface area contributed by atoms with Crippen LogP contribution in [0.15, 0.2) is 51.6 Å². The minimum absolute atomic E-state index is 0.0474. The highest BCUT2D eigenvalue weighted by atomic mass is 32.1. The van der Waals surface area contributed by atoms with Gasteiger partial charge in [0.25, 0.3) is 5.56 Å². The standard InChI is InChI=1S/C34H36N8O3S/c1-19-39-40-33(45-19)27-25(6-5-20-10-16-44-17-11-20)38-32-29(34(43)42-15-3-14-41(32)42)28(27)26-18-21-9-13-36-31(30(21)46-26)37-24-8-7-23-22(24)4-2-12-35-23/h2,4,9,12-13,18,20,24,28,38H,3,5-8,10-11,14-17H2,1H3,(H,36,37)/t24-,28?/m1/s1. The van der Waals surface area contributed by atoms with Crippen LogP contribution in [-0.2, 0) is 24.2 Å². The van der Waals surface area contributed by atoms with Crippen molar-refractivity contribution in [3.05, 3.63) is 86.2 Å². The number of pyridine rings is 2. The van der Waals surface area contributed by atoms with Gasteiger partial charge in [-0.15, -0.1) is 21.5 Å².